The number of nitrogens with one attached hydrogen (secondary N) is 2. The molecule has 0 aliphatic carbocycles. The van der Waals surface area contributed by atoms with Gasteiger partial charge in [0.15, 0.2) is 0 Å². The standard InChI is InChI=1S/C17H26N4O3/c18-10-4-5-11-19-20-16(22)15-9-6-12-21(15)17(23)24-13-14-7-2-1-3-8-14/h1-3,7-8,15,19H,4-6,9-13,18H2,(H,20,22). The van der Waals surface area contributed by atoms with Crippen molar-refractivity contribution >= 4 is 12.0 Å². The summed E-state index contributed by atoms with van der Waals surface area (Å²) in [5, 5.41) is 0. The number of hydrogen-bond donors (Lipinski definition) is 3. The van der Waals surface area contributed by atoms with Crippen LogP contribution in [0.25, 0.3) is 0 Å². The predicted octanol–water partition coefficient (Wildman–Crippen LogP) is 1.15. The molecular weight excluding hydrogens is 308 g/mol. The zero-order chi connectivity index (χ0) is 17.2. The number of benzene rings is 1. The Labute approximate surface area is 142 Å². The highest BCUT2D eigenvalue weighted by atomic mass is 16.6. The van der Waals surface area contributed by atoms with E-state index in [1.807, 2.05) is 30.3 Å². The number of hydrazine groups is 1. The van der Waals surface area contributed by atoms with Gasteiger partial charge in [0.05, 0.1) is 0 Å². The number of rotatable bonds is 8. The Morgan fingerprint density at radius 2 is 2.04 bits per heavy atom. The molecule has 0 saturated carbocycles. The molecule has 1 aromatic carbocycles. The summed E-state index contributed by atoms with van der Waals surface area (Å²) in [5.74, 6) is -0.197. The van der Waals surface area contributed by atoms with E-state index in [1.165, 1.54) is 4.90 Å². The van der Waals surface area contributed by atoms with Gasteiger partial charge in [0, 0.05) is 13.1 Å². The van der Waals surface area contributed by atoms with Crippen LogP contribution in [0.1, 0.15) is 31.2 Å². The van der Waals surface area contributed by atoms with Crippen molar-refractivity contribution in [3.05, 3.63) is 35.9 Å². The number of hydrogen-bond acceptors (Lipinski definition) is 5. The fourth-order valence-corrected chi connectivity index (χ4v) is 2.65. The molecule has 1 aliphatic rings. The zero-order valence-electron chi connectivity index (χ0n) is 13.9. The minimum atomic E-state index is -0.477. The Balaban J connectivity index is 1.76. The van der Waals surface area contributed by atoms with E-state index in [-0.39, 0.29) is 12.5 Å². The maximum absolute atomic E-state index is 12.2. The molecule has 2 amide bonds. The number of unbranched alkanes of at least 4 members (excludes halogenated alkanes) is 1. The van der Waals surface area contributed by atoms with E-state index >= 15 is 0 Å². The second kappa shape index (κ2) is 9.89. The maximum Gasteiger partial charge on any atom is 0.410 e. The van der Waals surface area contributed by atoms with Crippen LogP contribution >= 0.6 is 0 Å². The lowest BCUT2D eigenvalue weighted by atomic mass is 10.2. The molecule has 0 aromatic heterocycles. The maximum atomic E-state index is 12.2. The monoisotopic (exact) mass is 334 g/mol. The third-order valence-electron chi connectivity index (χ3n) is 3.96. The number of ether oxygens (including phenoxy) is 1. The van der Waals surface area contributed by atoms with Gasteiger partial charge in [-0.05, 0) is 37.8 Å². The molecular formula is C17H26N4O3. The molecule has 2 rings (SSSR count). The van der Waals surface area contributed by atoms with Crippen molar-refractivity contribution in [1.29, 1.82) is 0 Å². The van der Waals surface area contributed by atoms with Crippen molar-refractivity contribution in [2.75, 3.05) is 19.6 Å². The van der Waals surface area contributed by atoms with Crippen molar-refractivity contribution in [3.63, 3.8) is 0 Å². The molecule has 1 aromatic rings. The van der Waals surface area contributed by atoms with Gasteiger partial charge in [-0.25, -0.2) is 10.2 Å². The number of nitrogens with two attached hydrogens (primary N) is 1. The number of amides is 2. The molecule has 24 heavy (non-hydrogen) atoms. The Morgan fingerprint density at radius 3 is 2.79 bits per heavy atom. The summed E-state index contributed by atoms with van der Waals surface area (Å²) in [6.45, 7) is 2.05. The van der Waals surface area contributed by atoms with Gasteiger partial charge in [-0.2, -0.15) is 0 Å². The predicted molar refractivity (Wildman–Crippen MR) is 90.8 cm³/mol. The summed E-state index contributed by atoms with van der Waals surface area (Å²) < 4.78 is 5.32. The molecule has 132 valence electrons. The first-order chi connectivity index (χ1) is 11.7. The molecule has 1 fully saturated rings. The van der Waals surface area contributed by atoms with Gasteiger partial charge in [-0.15, -0.1) is 0 Å². The summed E-state index contributed by atoms with van der Waals surface area (Å²) in [5.41, 5.74) is 11.9. The average molecular weight is 334 g/mol. The molecule has 1 unspecified atom stereocenters. The van der Waals surface area contributed by atoms with Crippen molar-refractivity contribution < 1.29 is 14.3 Å². The number of carbonyl (C=O) groups excluding carboxylic acids is 2. The van der Waals surface area contributed by atoms with E-state index < -0.39 is 12.1 Å². The van der Waals surface area contributed by atoms with Gasteiger partial charge in [0.2, 0.25) is 0 Å². The van der Waals surface area contributed by atoms with Crippen molar-refractivity contribution in [2.24, 2.45) is 5.73 Å². The van der Waals surface area contributed by atoms with Crippen LogP contribution in [0.4, 0.5) is 4.79 Å². The normalized spacial score (nSPS) is 16.9. The summed E-state index contributed by atoms with van der Waals surface area (Å²) in [7, 11) is 0. The van der Waals surface area contributed by atoms with Crippen LogP contribution in [0.15, 0.2) is 30.3 Å². The Morgan fingerprint density at radius 1 is 1.25 bits per heavy atom. The minimum absolute atomic E-state index is 0.197. The van der Waals surface area contributed by atoms with Crippen LogP contribution in [0.2, 0.25) is 0 Å². The first kappa shape index (κ1) is 18.2. The van der Waals surface area contributed by atoms with Gasteiger partial charge in [-0.3, -0.25) is 15.1 Å². The molecule has 7 heteroatoms. The Kier molecular flexibility index (Phi) is 7.51. The average Bonchev–Trinajstić information content (AvgIpc) is 3.10. The first-order valence-electron chi connectivity index (χ1n) is 8.42. The summed E-state index contributed by atoms with van der Waals surface area (Å²) >= 11 is 0. The van der Waals surface area contributed by atoms with Gasteiger partial charge in [0.25, 0.3) is 5.91 Å². The van der Waals surface area contributed by atoms with Gasteiger partial charge >= 0.3 is 6.09 Å². The van der Waals surface area contributed by atoms with E-state index in [2.05, 4.69) is 10.9 Å². The molecule has 1 atom stereocenters. The molecule has 7 nitrogen and oxygen atoms in total. The second-order valence-electron chi connectivity index (χ2n) is 5.80. The molecule has 0 radical (unpaired) electrons. The number of nitrogens with zero attached hydrogens (tertiary/aromatic N) is 1. The van der Waals surface area contributed by atoms with Gasteiger partial charge in [-0.1, -0.05) is 30.3 Å². The highest BCUT2D eigenvalue weighted by molar-refractivity contribution is 5.85. The van der Waals surface area contributed by atoms with Crippen LogP contribution in [0.3, 0.4) is 0 Å². The number of likely N-dealkylation sites (tertiary alicyclic amines) is 1. The van der Waals surface area contributed by atoms with Crippen LogP contribution in [0.5, 0.6) is 0 Å². The topological polar surface area (TPSA) is 96.7 Å². The SMILES string of the molecule is NCCCCNNC(=O)C1CCCN1C(=O)OCc1ccccc1. The van der Waals surface area contributed by atoms with Crippen LogP contribution in [-0.4, -0.2) is 42.6 Å². The second-order valence-corrected chi connectivity index (χ2v) is 5.80. The summed E-state index contributed by atoms with van der Waals surface area (Å²) in [4.78, 5) is 26.0. The van der Waals surface area contributed by atoms with Gasteiger partial charge in [0.1, 0.15) is 12.6 Å². The quantitative estimate of drug-likeness (QED) is 0.489. The zero-order valence-corrected chi connectivity index (χ0v) is 13.9. The fraction of sp³-hybridized carbons (Fsp3) is 0.529. The van der Waals surface area contributed by atoms with E-state index in [4.69, 9.17) is 10.5 Å². The van der Waals surface area contributed by atoms with Crippen LogP contribution in [-0.2, 0) is 16.1 Å². The lowest BCUT2D eigenvalue weighted by Crippen LogP contribution is -2.50. The summed E-state index contributed by atoms with van der Waals surface area (Å²) in [6.07, 6.45) is 2.80. The highest BCUT2D eigenvalue weighted by Crippen LogP contribution is 2.18. The Hall–Kier alpha value is -2.12. The molecule has 0 spiro atoms. The van der Waals surface area contributed by atoms with E-state index in [0.717, 1.165) is 24.8 Å². The number of carbonyl (C=O) groups is 2. The lowest BCUT2D eigenvalue weighted by molar-refractivity contribution is -0.126. The first-order valence-corrected chi connectivity index (χ1v) is 8.42. The summed E-state index contributed by atoms with van der Waals surface area (Å²) in [6, 6.07) is 9.01. The van der Waals surface area contributed by atoms with Crippen LogP contribution < -0.4 is 16.6 Å². The van der Waals surface area contributed by atoms with E-state index in [0.29, 0.717) is 26.1 Å². The van der Waals surface area contributed by atoms with Crippen molar-refractivity contribution in [1.82, 2.24) is 15.8 Å². The minimum Gasteiger partial charge on any atom is -0.445 e. The largest absolute Gasteiger partial charge is 0.445 e. The Bertz CT molecular complexity index is 524. The smallest absolute Gasteiger partial charge is 0.410 e. The van der Waals surface area contributed by atoms with Crippen molar-refractivity contribution in [2.45, 2.75) is 38.3 Å². The van der Waals surface area contributed by atoms with E-state index in [9.17, 15) is 9.59 Å². The third-order valence-corrected chi connectivity index (χ3v) is 3.96. The van der Waals surface area contributed by atoms with E-state index in [1.54, 1.807) is 0 Å². The fourth-order valence-electron chi connectivity index (χ4n) is 2.65. The third kappa shape index (κ3) is 5.50. The molecule has 1 aliphatic heterocycles. The van der Waals surface area contributed by atoms with Gasteiger partial charge < -0.3 is 10.5 Å². The van der Waals surface area contributed by atoms with Crippen LogP contribution in [0, 0.1) is 0 Å². The highest BCUT2D eigenvalue weighted by Gasteiger charge is 2.35. The molecule has 1 saturated heterocycles. The van der Waals surface area contributed by atoms with Crippen molar-refractivity contribution in [3.8, 4) is 0 Å². The molecule has 0 bridgehead atoms. The molecule has 4 N–H and O–H groups in total. The molecule has 1 heterocycles. The lowest BCUT2D eigenvalue weighted by Gasteiger charge is -2.23.